The van der Waals surface area contributed by atoms with E-state index in [9.17, 15) is 0 Å². The van der Waals surface area contributed by atoms with Crippen LogP contribution in [0.25, 0.3) is 11.0 Å². The Balaban J connectivity index is 1.78. The van der Waals surface area contributed by atoms with Crippen LogP contribution in [0.15, 0.2) is 42.5 Å². The summed E-state index contributed by atoms with van der Waals surface area (Å²) in [4.78, 5) is 4.78. The Hall–Kier alpha value is -2.29. The average molecular weight is 263 g/mol. The van der Waals surface area contributed by atoms with E-state index in [1.807, 2.05) is 6.07 Å². The van der Waals surface area contributed by atoms with Gasteiger partial charge in [0.1, 0.15) is 5.82 Å². The Morgan fingerprint density at radius 2 is 2.05 bits per heavy atom. The number of benzene rings is 2. The van der Waals surface area contributed by atoms with Gasteiger partial charge in [-0.2, -0.15) is 0 Å². The number of anilines is 1. The molecule has 0 bridgehead atoms. The molecule has 1 aromatic heterocycles. The van der Waals surface area contributed by atoms with Crippen LogP contribution in [0.3, 0.4) is 0 Å². The number of aryl methyl sites for hydroxylation is 1. The Morgan fingerprint density at radius 3 is 2.95 bits per heavy atom. The molecule has 100 valence electrons. The first-order valence-electron chi connectivity index (χ1n) is 7.08. The lowest BCUT2D eigenvalue weighted by Crippen LogP contribution is -2.01. The van der Waals surface area contributed by atoms with Gasteiger partial charge in [0.25, 0.3) is 0 Å². The van der Waals surface area contributed by atoms with Crippen LogP contribution in [0.4, 0.5) is 5.69 Å². The highest BCUT2D eigenvalue weighted by molar-refractivity contribution is 5.76. The van der Waals surface area contributed by atoms with E-state index in [2.05, 4.69) is 53.3 Å². The van der Waals surface area contributed by atoms with Crippen LogP contribution < -0.4 is 5.32 Å². The van der Waals surface area contributed by atoms with E-state index in [1.165, 1.54) is 22.3 Å². The highest BCUT2D eigenvalue weighted by Crippen LogP contribution is 2.27. The van der Waals surface area contributed by atoms with E-state index in [4.69, 9.17) is 4.98 Å². The number of nitrogens with zero attached hydrogens (tertiary/aromatic N) is 2. The highest BCUT2D eigenvalue weighted by Gasteiger charge is 2.16. The number of rotatable bonds is 2. The molecule has 2 heterocycles. The molecule has 0 atom stereocenters. The van der Waals surface area contributed by atoms with Gasteiger partial charge in [-0.1, -0.05) is 24.3 Å². The average Bonchev–Trinajstić information content (AvgIpc) is 3.06. The SMILES string of the molecule is Cn1c(Cc2cccc3c2CCN3)nc2ccccc21. The van der Waals surface area contributed by atoms with Gasteiger partial charge in [-0.05, 0) is 35.7 Å². The number of fused-ring (bicyclic) bond motifs is 2. The zero-order chi connectivity index (χ0) is 13.5. The lowest BCUT2D eigenvalue weighted by molar-refractivity contribution is 0.840. The molecule has 0 saturated heterocycles. The van der Waals surface area contributed by atoms with Gasteiger partial charge in [0.2, 0.25) is 0 Å². The zero-order valence-electron chi connectivity index (χ0n) is 11.6. The van der Waals surface area contributed by atoms with Crippen molar-refractivity contribution in [1.82, 2.24) is 9.55 Å². The van der Waals surface area contributed by atoms with E-state index < -0.39 is 0 Å². The van der Waals surface area contributed by atoms with E-state index in [-0.39, 0.29) is 0 Å². The van der Waals surface area contributed by atoms with Gasteiger partial charge in [-0.3, -0.25) is 0 Å². The predicted molar refractivity (Wildman–Crippen MR) is 82.2 cm³/mol. The smallest absolute Gasteiger partial charge is 0.114 e. The van der Waals surface area contributed by atoms with Gasteiger partial charge < -0.3 is 9.88 Å². The molecular weight excluding hydrogens is 246 g/mol. The fourth-order valence-electron chi connectivity index (χ4n) is 3.11. The van der Waals surface area contributed by atoms with Crippen LogP contribution in [0.1, 0.15) is 17.0 Å². The topological polar surface area (TPSA) is 29.9 Å². The minimum Gasteiger partial charge on any atom is -0.384 e. The number of imidazole rings is 1. The summed E-state index contributed by atoms with van der Waals surface area (Å²) in [7, 11) is 2.10. The monoisotopic (exact) mass is 263 g/mol. The predicted octanol–water partition coefficient (Wildman–Crippen LogP) is 3.13. The summed E-state index contributed by atoms with van der Waals surface area (Å²) in [5, 5.41) is 3.44. The number of hydrogen-bond acceptors (Lipinski definition) is 2. The first kappa shape index (κ1) is 11.5. The van der Waals surface area contributed by atoms with Gasteiger partial charge in [0.05, 0.1) is 11.0 Å². The number of para-hydroxylation sites is 2. The molecule has 0 amide bonds. The fourth-order valence-corrected chi connectivity index (χ4v) is 3.11. The summed E-state index contributed by atoms with van der Waals surface area (Å²) >= 11 is 0. The summed E-state index contributed by atoms with van der Waals surface area (Å²) in [6.45, 7) is 1.05. The summed E-state index contributed by atoms with van der Waals surface area (Å²) in [6, 6.07) is 14.8. The zero-order valence-corrected chi connectivity index (χ0v) is 11.6. The summed E-state index contributed by atoms with van der Waals surface area (Å²) in [6.07, 6.45) is 2.02. The molecule has 0 unspecified atom stereocenters. The van der Waals surface area contributed by atoms with E-state index in [1.54, 1.807) is 0 Å². The van der Waals surface area contributed by atoms with E-state index in [0.29, 0.717) is 0 Å². The minimum absolute atomic E-state index is 0.899. The first-order valence-corrected chi connectivity index (χ1v) is 7.08. The van der Waals surface area contributed by atoms with E-state index >= 15 is 0 Å². The second kappa shape index (κ2) is 4.37. The van der Waals surface area contributed by atoms with Crippen LogP contribution in [-0.2, 0) is 19.9 Å². The summed E-state index contributed by atoms with van der Waals surface area (Å²) in [5.41, 5.74) is 6.43. The van der Waals surface area contributed by atoms with Crippen LogP contribution in [0, 0.1) is 0 Å². The quantitative estimate of drug-likeness (QED) is 0.770. The molecule has 20 heavy (non-hydrogen) atoms. The third-order valence-electron chi connectivity index (χ3n) is 4.19. The Morgan fingerprint density at radius 1 is 1.15 bits per heavy atom. The van der Waals surface area contributed by atoms with Crippen molar-refractivity contribution in [2.45, 2.75) is 12.8 Å². The molecule has 3 heteroatoms. The maximum absolute atomic E-state index is 4.78. The van der Waals surface area contributed by atoms with Crippen molar-refractivity contribution in [3.05, 3.63) is 59.4 Å². The van der Waals surface area contributed by atoms with Crippen molar-refractivity contribution in [3.8, 4) is 0 Å². The van der Waals surface area contributed by atoms with Crippen molar-refractivity contribution in [3.63, 3.8) is 0 Å². The molecule has 0 saturated carbocycles. The van der Waals surface area contributed by atoms with Crippen LogP contribution in [0.2, 0.25) is 0 Å². The Bertz CT molecular complexity index is 786. The van der Waals surface area contributed by atoms with E-state index in [0.717, 1.165) is 30.7 Å². The van der Waals surface area contributed by atoms with Crippen molar-refractivity contribution in [2.75, 3.05) is 11.9 Å². The molecule has 0 radical (unpaired) electrons. The third-order valence-corrected chi connectivity index (χ3v) is 4.19. The largest absolute Gasteiger partial charge is 0.384 e. The van der Waals surface area contributed by atoms with Crippen molar-refractivity contribution in [2.24, 2.45) is 7.05 Å². The Labute approximate surface area is 118 Å². The molecule has 1 aliphatic rings. The number of nitrogens with one attached hydrogen (secondary N) is 1. The van der Waals surface area contributed by atoms with Gasteiger partial charge in [0.15, 0.2) is 0 Å². The molecule has 3 nitrogen and oxygen atoms in total. The molecular formula is C17H17N3. The fraction of sp³-hybridized carbons (Fsp3) is 0.235. The highest BCUT2D eigenvalue weighted by atomic mass is 15.1. The number of hydrogen-bond donors (Lipinski definition) is 1. The normalized spacial score (nSPS) is 13.4. The Kier molecular flexibility index (Phi) is 2.52. The van der Waals surface area contributed by atoms with Crippen molar-refractivity contribution in [1.29, 1.82) is 0 Å². The van der Waals surface area contributed by atoms with Gasteiger partial charge >= 0.3 is 0 Å². The molecule has 2 aromatic carbocycles. The second-order valence-electron chi connectivity index (χ2n) is 5.37. The molecule has 1 N–H and O–H groups in total. The summed E-state index contributed by atoms with van der Waals surface area (Å²) < 4.78 is 2.21. The van der Waals surface area contributed by atoms with Gasteiger partial charge in [0, 0.05) is 25.7 Å². The van der Waals surface area contributed by atoms with Crippen LogP contribution >= 0.6 is 0 Å². The molecule has 0 spiro atoms. The molecule has 0 fully saturated rings. The third kappa shape index (κ3) is 1.70. The van der Waals surface area contributed by atoms with Crippen molar-refractivity contribution >= 4 is 16.7 Å². The maximum Gasteiger partial charge on any atom is 0.114 e. The van der Waals surface area contributed by atoms with Gasteiger partial charge in [-0.25, -0.2) is 4.98 Å². The van der Waals surface area contributed by atoms with Crippen molar-refractivity contribution < 1.29 is 0 Å². The molecule has 0 aliphatic carbocycles. The second-order valence-corrected chi connectivity index (χ2v) is 5.37. The van der Waals surface area contributed by atoms with Crippen LogP contribution in [-0.4, -0.2) is 16.1 Å². The lowest BCUT2D eigenvalue weighted by atomic mass is 10.0. The maximum atomic E-state index is 4.78. The molecule has 1 aliphatic heterocycles. The van der Waals surface area contributed by atoms with Crippen LogP contribution in [0.5, 0.6) is 0 Å². The van der Waals surface area contributed by atoms with Gasteiger partial charge in [-0.15, -0.1) is 0 Å². The molecule has 4 rings (SSSR count). The molecule has 3 aromatic rings. The summed E-state index contributed by atoms with van der Waals surface area (Å²) in [5.74, 6) is 1.13. The standard InChI is InChI=1S/C17H17N3/c1-20-16-8-3-2-6-15(16)19-17(20)11-12-5-4-7-14-13(12)9-10-18-14/h2-8,18H,9-11H2,1H3. The number of aromatic nitrogens is 2. The minimum atomic E-state index is 0.899. The first-order chi connectivity index (χ1) is 9.83. The lowest BCUT2D eigenvalue weighted by Gasteiger charge is -2.08.